The molecule has 5 nitrogen and oxygen atoms in total. The van der Waals surface area contributed by atoms with E-state index >= 15 is 0 Å². The lowest BCUT2D eigenvalue weighted by Gasteiger charge is -2.28. The third-order valence-corrected chi connectivity index (χ3v) is 6.26. The molecule has 0 spiro atoms. The lowest BCUT2D eigenvalue weighted by molar-refractivity contribution is -0.116. The number of rotatable bonds is 4. The van der Waals surface area contributed by atoms with Gasteiger partial charge in [-0.1, -0.05) is 54.2 Å². The van der Waals surface area contributed by atoms with Crippen LogP contribution >= 0.6 is 11.8 Å². The monoisotopic (exact) mass is 409 g/mol. The van der Waals surface area contributed by atoms with E-state index in [4.69, 9.17) is 0 Å². The molecule has 0 bridgehead atoms. The first-order chi connectivity index (χ1) is 14.0. The smallest absolute Gasteiger partial charge is 0.279 e. The number of hydrogen-bond donors (Lipinski definition) is 1. The maximum atomic E-state index is 13.9. The van der Waals surface area contributed by atoms with E-state index in [0.29, 0.717) is 27.9 Å². The van der Waals surface area contributed by atoms with Gasteiger partial charge >= 0.3 is 0 Å². The van der Waals surface area contributed by atoms with Crippen LogP contribution in [0.2, 0.25) is 0 Å². The number of fused-ring (bicyclic) bond motifs is 1. The Morgan fingerprint density at radius 1 is 1.17 bits per heavy atom. The number of amides is 1. The summed E-state index contributed by atoms with van der Waals surface area (Å²) in [4.78, 5) is 29.6. The van der Waals surface area contributed by atoms with Crippen LogP contribution in [-0.4, -0.2) is 15.5 Å². The highest BCUT2D eigenvalue weighted by Gasteiger charge is 2.32. The van der Waals surface area contributed by atoms with Crippen LogP contribution in [0.25, 0.3) is 0 Å². The van der Waals surface area contributed by atoms with Crippen molar-refractivity contribution in [1.82, 2.24) is 9.55 Å². The summed E-state index contributed by atoms with van der Waals surface area (Å²) in [5.41, 5.74) is 2.65. The molecule has 2 aromatic carbocycles. The van der Waals surface area contributed by atoms with Crippen molar-refractivity contribution in [2.24, 2.45) is 7.05 Å². The fourth-order valence-corrected chi connectivity index (χ4v) is 4.62. The molecular formula is C22H20FN3O2S. The minimum Gasteiger partial charge on any atom is -0.312 e. The van der Waals surface area contributed by atoms with E-state index in [2.05, 4.69) is 10.3 Å². The predicted molar refractivity (Wildman–Crippen MR) is 112 cm³/mol. The van der Waals surface area contributed by atoms with Gasteiger partial charge in [0.1, 0.15) is 11.6 Å². The Morgan fingerprint density at radius 3 is 2.66 bits per heavy atom. The zero-order valence-corrected chi connectivity index (χ0v) is 16.9. The summed E-state index contributed by atoms with van der Waals surface area (Å²) in [6.45, 7) is 1.97. The molecule has 7 heteroatoms. The molecule has 2 heterocycles. The number of anilines is 1. The van der Waals surface area contributed by atoms with Crippen molar-refractivity contribution in [3.63, 3.8) is 0 Å². The van der Waals surface area contributed by atoms with Gasteiger partial charge in [0.05, 0.1) is 5.56 Å². The summed E-state index contributed by atoms with van der Waals surface area (Å²) in [5, 5.41) is 3.27. The second-order valence-electron chi connectivity index (χ2n) is 7.06. The molecule has 0 fully saturated rings. The Balaban J connectivity index is 1.75. The number of thioether (sulfide) groups is 1. The molecule has 29 heavy (non-hydrogen) atoms. The SMILES string of the molecule is Cc1ccccc1C1CC(=O)Nc2c1c(=O)nc(SCc1ccccc1F)n2C. The molecule has 3 aromatic rings. The number of nitrogens with zero attached hydrogens (tertiary/aromatic N) is 2. The van der Waals surface area contributed by atoms with Gasteiger partial charge in [0, 0.05) is 25.1 Å². The third kappa shape index (κ3) is 3.70. The fourth-order valence-electron chi connectivity index (χ4n) is 3.67. The molecule has 1 aromatic heterocycles. The average Bonchev–Trinajstić information content (AvgIpc) is 2.70. The molecule has 0 saturated carbocycles. The summed E-state index contributed by atoms with van der Waals surface area (Å²) in [5.74, 6) is 0.0242. The van der Waals surface area contributed by atoms with Crippen molar-refractivity contribution < 1.29 is 9.18 Å². The van der Waals surface area contributed by atoms with Crippen molar-refractivity contribution in [2.45, 2.75) is 30.2 Å². The molecule has 1 N–H and O–H groups in total. The Kier molecular flexibility index (Phi) is 5.24. The van der Waals surface area contributed by atoms with Gasteiger partial charge in [-0.25, -0.2) is 4.39 Å². The number of nitrogens with one attached hydrogen (secondary N) is 1. The number of benzene rings is 2. The van der Waals surface area contributed by atoms with Crippen molar-refractivity contribution in [1.29, 1.82) is 0 Å². The molecule has 0 radical (unpaired) electrons. The first kappa shape index (κ1) is 19.4. The van der Waals surface area contributed by atoms with Gasteiger partial charge in [-0.05, 0) is 29.7 Å². The second kappa shape index (κ2) is 7.83. The molecule has 1 aliphatic heterocycles. The van der Waals surface area contributed by atoms with E-state index < -0.39 is 0 Å². The Bertz CT molecular complexity index is 1160. The van der Waals surface area contributed by atoms with E-state index in [0.717, 1.165) is 11.1 Å². The molecule has 1 unspecified atom stereocenters. The minimum absolute atomic E-state index is 0.142. The van der Waals surface area contributed by atoms with Gasteiger partial charge in [0.2, 0.25) is 5.91 Å². The van der Waals surface area contributed by atoms with Crippen LogP contribution in [0.15, 0.2) is 58.5 Å². The molecule has 1 amide bonds. The summed E-state index contributed by atoms with van der Waals surface area (Å²) in [6.07, 6.45) is 0.205. The zero-order valence-electron chi connectivity index (χ0n) is 16.1. The van der Waals surface area contributed by atoms with Gasteiger partial charge in [-0.15, -0.1) is 0 Å². The maximum Gasteiger partial charge on any atom is 0.279 e. The topological polar surface area (TPSA) is 64.0 Å². The largest absolute Gasteiger partial charge is 0.312 e. The van der Waals surface area contributed by atoms with E-state index in [1.54, 1.807) is 29.8 Å². The van der Waals surface area contributed by atoms with Crippen LogP contribution in [0.3, 0.4) is 0 Å². The normalized spacial score (nSPS) is 15.7. The zero-order chi connectivity index (χ0) is 20.5. The first-order valence-corrected chi connectivity index (χ1v) is 10.3. The maximum absolute atomic E-state index is 13.9. The number of carbonyl (C=O) groups is 1. The van der Waals surface area contributed by atoms with Gasteiger partial charge in [-0.2, -0.15) is 4.98 Å². The van der Waals surface area contributed by atoms with Gasteiger partial charge in [-0.3, -0.25) is 9.59 Å². The van der Waals surface area contributed by atoms with E-state index in [1.165, 1.54) is 17.8 Å². The van der Waals surface area contributed by atoms with Crippen molar-refractivity contribution >= 4 is 23.5 Å². The lowest BCUT2D eigenvalue weighted by Crippen LogP contribution is -2.33. The molecular weight excluding hydrogens is 389 g/mol. The van der Waals surface area contributed by atoms with Gasteiger partial charge < -0.3 is 9.88 Å². The van der Waals surface area contributed by atoms with Crippen LogP contribution < -0.4 is 10.9 Å². The Labute approximate surface area is 172 Å². The highest BCUT2D eigenvalue weighted by molar-refractivity contribution is 7.98. The summed E-state index contributed by atoms with van der Waals surface area (Å²) >= 11 is 1.26. The molecule has 0 saturated heterocycles. The molecule has 1 aliphatic rings. The number of hydrogen-bond acceptors (Lipinski definition) is 4. The Morgan fingerprint density at radius 2 is 1.90 bits per heavy atom. The van der Waals surface area contributed by atoms with Crippen LogP contribution in [0.4, 0.5) is 10.2 Å². The van der Waals surface area contributed by atoms with Crippen molar-refractivity contribution in [2.75, 3.05) is 5.32 Å². The van der Waals surface area contributed by atoms with Crippen molar-refractivity contribution in [3.8, 4) is 0 Å². The second-order valence-corrected chi connectivity index (χ2v) is 8.00. The lowest BCUT2D eigenvalue weighted by atomic mass is 9.84. The third-order valence-electron chi connectivity index (χ3n) is 5.18. The van der Waals surface area contributed by atoms with Gasteiger partial charge in [0.15, 0.2) is 5.16 Å². The van der Waals surface area contributed by atoms with Crippen LogP contribution in [-0.2, 0) is 17.6 Å². The van der Waals surface area contributed by atoms with Crippen LogP contribution in [0, 0.1) is 12.7 Å². The van der Waals surface area contributed by atoms with E-state index in [9.17, 15) is 14.0 Å². The van der Waals surface area contributed by atoms with Crippen molar-refractivity contribution in [3.05, 3.63) is 87.0 Å². The molecule has 1 atom stereocenters. The molecule has 0 aliphatic carbocycles. The predicted octanol–water partition coefficient (Wildman–Crippen LogP) is 3.99. The highest BCUT2D eigenvalue weighted by Crippen LogP contribution is 2.37. The Hall–Kier alpha value is -2.93. The number of carbonyl (C=O) groups excluding carboxylic acids is 1. The van der Waals surface area contributed by atoms with Gasteiger partial charge in [0.25, 0.3) is 5.56 Å². The van der Waals surface area contributed by atoms with Crippen LogP contribution in [0.1, 0.15) is 34.6 Å². The average molecular weight is 409 g/mol. The number of aromatic nitrogens is 2. The minimum atomic E-state index is -0.359. The molecule has 4 rings (SSSR count). The summed E-state index contributed by atoms with van der Waals surface area (Å²) in [6, 6.07) is 14.3. The number of halogens is 1. The standard InChI is InChI=1S/C22H20FN3O2S/c1-13-7-3-5-9-15(13)16-11-18(27)24-20-19(16)21(28)25-22(26(20)2)29-12-14-8-4-6-10-17(14)23/h3-10,16H,11-12H2,1-2H3,(H,24,27). The highest BCUT2D eigenvalue weighted by atomic mass is 32.2. The number of aryl methyl sites for hydroxylation is 1. The summed E-state index contributed by atoms with van der Waals surface area (Å²) in [7, 11) is 1.76. The molecule has 148 valence electrons. The summed E-state index contributed by atoms with van der Waals surface area (Å²) < 4.78 is 15.6. The fraction of sp³-hybridized carbons (Fsp3) is 0.227. The van der Waals surface area contributed by atoms with E-state index in [1.807, 2.05) is 31.2 Å². The first-order valence-electron chi connectivity index (χ1n) is 9.28. The van der Waals surface area contributed by atoms with E-state index in [-0.39, 0.29) is 29.6 Å². The quantitative estimate of drug-likeness (QED) is 0.523. The van der Waals surface area contributed by atoms with Crippen LogP contribution in [0.5, 0.6) is 0 Å².